The molecule has 5 heteroatoms. The van der Waals surface area contributed by atoms with E-state index in [0.717, 1.165) is 0 Å². The summed E-state index contributed by atoms with van der Waals surface area (Å²) in [4.78, 5) is 14.1. The summed E-state index contributed by atoms with van der Waals surface area (Å²) in [5.41, 5.74) is 0.570. The van der Waals surface area contributed by atoms with Crippen LogP contribution in [0.2, 0.25) is 0 Å². The first-order valence-electron chi connectivity index (χ1n) is 3.93. The van der Waals surface area contributed by atoms with Crippen LogP contribution in [-0.2, 0) is 0 Å². The van der Waals surface area contributed by atoms with Crippen molar-refractivity contribution in [1.82, 2.24) is 4.98 Å². The minimum atomic E-state index is -0.446. The lowest BCUT2D eigenvalue weighted by Gasteiger charge is -2.02. The highest BCUT2D eigenvalue weighted by Gasteiger charge is 2.11. The predicted octanol–water partition coefficient (Wildman–Crippen LogP) is 1.34. The summed E-state index contributed by atoms with van der Waals surface area (Å²) >= 11 is 0. The van der Waals surface area contributed by atoms with E-state index in [1.54, 1.807) is 6.92 Å². The number of hydrogen-bond acceptors (Lipinski definition) is 4. The zero-order chi connectivity index (χ0) is 10.6. The maximum Gasteiger partial charge on any atom is 0.277 e. The van der Waals surface area contributed by atoms with Gasteiger partial charge in [-0.2, -0.15) is 0 Å². The molecule has 0 aliphatic rings. The van der Waals surface area contributed by atoms with Crippen LogP contribution < -0.4 is 5.32 Å². The summed E-state index contributed by atoms with van der Waals surface area (Å²) in [6.45, 7) is 1.93. The molecule has 0 unspecified atom stereocenters. The van der Waals surface area contributed by atoms with E-state index in [1.165, 1.54) is 12.3 Å². The smallest absolute Gasteiger partial charge is 0.277 e. The van der Waals surface area contributed by atoms with Crippen LogP contribution in [0.1, 0.15) is 5.56 Å². The molecule has 1 N–H and O–H groups in total. The molecule has 0 amide bonds. The zero-order valence-electron chi connectivity index (χ0n) is 7.65. The van der Waals surface area contributed by atoms with Crippen LogP contribution >= 0.6 is 0 Å². The highest BCUT2D eigenvalue weighted by atomic mass is 16.6. The highest BCUT2D eigenvalue weighted by molar-refractivity contribution is 5.49. The van der Waals surface area contributed by atoms with Crippen molar-refractivity contribution >= 4 is 11.5 Å². The van der Waals surface area contributed by atoms with Crippen molar-refractivity contribution in [1.29, 1.82) is 0 Å². The number of nitrogens with zero attached hydrogens (tertiary/aromatic N) is 2. The Balaban J connectivity index is 2.96. The normalized spacial score (nSPS) is 9.14. The second kappa shape index (κ2) is 4.23. The van der Waals surface area contributed by atoms with E-state index >= 15 is 0 Å². The van der Waals surface area contributed by atoms with Crippen LogP contribution in [0.3, 0.4) is 0 Å². The Kier molecular flexibility index (Phi) is 3.02. The molecule has 0 atom stereocenters. The minimum absolute atomic E-state index is 0.0412. The molecule has 0 aliphatic heterocycles. The van der Waals surface area contributed by atoms with E-state index in [0.29, 0.717) is 17.9 Å². The molecule has 1 aromatic heterocycles. The van der Waals surface area contributed by atoms with Gasteiger partial charge in [0.2, 0.25) is 0 Å². The van der Waals surface area contributed by atoms with Gasteiger partial charge in [-0.25, -0.2) is 4.98 Å². The van der Waals surface area contributed by atoms with Gasteiger partial charge in [-0.05, 0) is 6.92 Å². The van der Waals surface area contributed by atoms with Gasteiger partial charge in [0.1, 0.15) is 5.82 Å². The number of terminal acetylenes is 1. The first-order chi connectivity index (χ1) is 6.65. The van der Waals surface area contributed by atoms with Gasteiger partial charge >= 0.3 is 0 Å². The number of nitro groups is 1. The van der Waals surface area contributed by atoms with Crippen molar-refractivity contribution in [3.63, 3.8) is 0 Å². The van der Waals surface area contributed by atoms with Gasteiger partial charge in [-0.3, -0.25) is 10.1 Å². The number of hydrogen-bond donors (Lipinski definition) is 1. The molecule has 1 heterocycles. The van der Waals surface area contributed by atoms with Crippen molar-refractivity contribution in [2.45, 2.75) is 6.92 Å². The Morgan fingerprint density at radius 3 is 3.07 bits per heavy atom. The fraction of sp³-hybridized carbons (Fsp3) is 0.222. The first-order valence-corrected chi connectivity index (χ1v) is 3.93. The number of pyridine rings is 1. The van der Waals surface area contributed by atoms with Gasteiger partial charge in [0.15, 0.2) is 0 Å². The second-order valence-corrected chi connectivity index (χ2v) is 2.67. The lowest BCUT2D eigenvalue weighted by atomic mass is 10.2. The van der Waals surface area contributed by atoms with Crippen molar-refractivity contribution < 1.29 is 4.92 Å². The van der Waals surface area contributed by atoms with Crippen LogP contribution in [-0.4, -0.2) is 16.5 Å². The van der Waals surface area contributed by atoms with Crippen molar-refractivity contribution in [3.05, 3.63) is 27.9 Å². The van der Waals surface area contributed by atoms with Gasteiger partial charge < -0.3 is 5.32 Å². The predicted molar refractivity (Wildman–Crippen MR) is 53.0 cm³/mol. The van der Waals surface area contributed by atoms with Gasteiger partial charge in [0, 0.05) is 11.8 Å². The Labute approximate surface area is 81.3 Å². The van der Waals surface area contributed by atoms with E-state index in [2.05, 4.69) is 16.2 Å². The molecule has 1 aromatic rings. The fourth-order valence-electron chi connectivity index (χ4n) is 0.948. The molecule has 0 bridgehead atoms. The molecule has 72 valence electrons. The molecule has 0 aliphatic carbocycles. The molecular weight excluding hydrogens is 182 g/mol. The second-order valence-electron chi connectivity index (χ2n) is 2.67. The molecule has 0 saturated carbocycles. The molecule has 0 radical (unpaired) electrons. The van der Waals surface area contributed by atoms with Crippen LogP contribution in [0.25, 0.3) is 0 Å². The van der Waals surface area contributed by atoms with E-state index < -0.39 is 4.92 Å². The monoisotopic (exact) mass is 191 g/mol. The molecule has 0 aromatic carbocycles. The summed E-state index contributed by atoms with van der Waals surface area (Å²) in [6, 6.07) is 1.37. The molecule has 5 nitrogen and oxygen atoms in total. The highest BCUT2D eigenvalue weighted by Crippen LogP contribution is 2.19. The third-order valence-electron chi connectivity index (χ3n) is 1.64. The van der Waals surface area contributed by atoms with E-state index in [1.807, 2.05) is 0 Å². The van der Waals surface area contributed by atoms with Gasteiger partial charge in [0.25, 0.3) is 5.69 Å². The SMILES string of the molecule is C#CCNc1cc([N+](=O)[O-])c(C)cn1. The summed E-state index contributed by atoms with van der Waals surface area (Å²) < 4.78 is 0. The Hall–Kier alpha value is -2.09. The average Bonchev–Trinajstić information content (AvgIpc) is 2.16. The van der Waals surface area contributed by atoms with Gasteiger partial charge in [-0.15, -0.1) is 6.42 Å². The quantitative estimate of drug-likeness (QED) is 0.444. The van der Waals surface area contributed by atoms with Crippen LogP contribution in [0.4, 0.5) is 11.5 Å². The Morgan fingerprint density at radius 2 is 2.50 bits per heavy atom. The molecule has 0 spiro atoms. The minimum Gasteiger partial charge on any atom is -0.359 e. The number of nitrogens with one attached hydrogen (secondary N) is 1. The largest absolute Gasteiger partial charge is 0.359 e. The average molecular weight is 191 g/mol. The number of aryl methyl sites for hydroxylation is 1. The van der Waals surface area contributed by atoms with Gasteiger partial charge in [-0.1, -0.05) is 5.92 Å². The summed E-state index contributed by atoms with van der Waals surface area (Å²) in [5.74, 6) is 2.78. The van der Waals surface area contributed by atoms with Crippen LogP contribution in [0.5, 0.6) is 0 Å². The van der Waals surface area contributed by atoms with Crippen molar-refractivity contribution in [3.8, 4) is 12.3 Å². The molecular formula is C9H9N3O2. The Bertz CT molecular complexity index is 396. The van der Waals surface area contributed by atoms with E-state index in [9.17, 15) is 10.1 Å². The summed E-state index contributed by atoms with van der Waals surface area (Å²) in [7, 11) is 0. The maximum absolute atomic E-state index is 10.6. The fourth-order valence-corrected chi connectivity index (χ4v) is 0.948. The lowest BCUT2D eigenvalue weighted by molar-refractivity contribution is -0.385. The van der Waals surface area contributed by atoms with Crippen molar-refractivity contribution in [2.24, 2.45) is 0 Å². The summed E-state index contributed by atoms with van der Waals surface area (Å²) in [6.07, 6.45) is 6.47. The van der Waals surface area contributed by atoms with Crippen molar-refractivity contribution in [2.75, 3.05) is 11.9 Å². The van der Waals surface area contributed by atoms with E-state index in [-0.39, 0.29) is 5.69 Å². The number of anilines is 1. The summed E-state index contributed by atoms with van der Waals surface area (Å²) in [5, 5.41) is 13.3. The molecule has 1 rings (SSSR count). The first kappa shape index (κ1) is 9.99. The molecule has 14 heavy (non-hydrogen) atoms. The van der Waals surface area contributed by atoms with Crippen LogP contribution in [0, 0.1) is 29.4 Å². The van der Waals surface area contributed by atoms with Gasteiger partial charge in [0.05, 0.1) is 17.5 Å². The molecule has 0 saturated heterocycles. The Morgan fingerprint density at radius 1 is 1.79 bits per heavy atom. The maximum atomic E-state index is 10.6. The number of rotatable bonds is 3. The third kappa shape index (κ3) is 2.20. The zero-order valence-corrected chi connectivity index (χ0v) is 7.65. The van der Waals surface area contributed by atoms with Crippen LogP contribution in [0.15, 0.2) is 12.3 Å². The third-order valence-corrected chi connectivity index (χ3v) is 1.64. The standard InChI is InChI=1S/C9H9N3O2/c1-3-4-10-9-5-8(12(13)14)7(2)6-11-9/h1,5-6H,4H2,2H3,(H,10,11). The molecule has 0 fully saturated rings. The van der Waals surface area contributed by atoms with E-state index in [4.69, 9.17) is 6.42 Å². The lowest BCUT2D eigenvalue weighted by Crippen LogP contribution is -2.02. The topological polar surface area (TPSA) is 68.1 Å². The number of aromatic nitrogens is 1.